The minimum Gasteiger partial charge on any atom is -0.356 e. The van der Waals surface area contributed by atoms with E-state index in [-0.39, 0.29) is 42.8 Å². The van der Waals surface area contributed by atoms with Gasteiger partial charge in [-0.3, -0.25) is 9.79 Å². The fourth-order valence-corrected chi connectivity index (χ4v) is 2.31. The molecule has 158 valence electrons. The summed E-state index contributed by atoms with van der Waals surface area (Å²) in [5.41, 5.74) is 0.771. The highest BCUT2D eigenvalue weighted by atomic mass is 127. The number of carbonyl (C=O) groups excluding carboxylic acids is 1. The van der Waals surface area contributed by atoms with Crippen LogP contribution in [0.15, 0.2) is 47.6 Å². The molecule has 10 heteroatoms. The van der Waals surface area contributed by atoms with Gasteiger partial charge in [0.1, 0.15) is 5.82 Å². The van der Waals surface area contributed by atoms with Crippen LogP contribution < -0.4 is 16.0 Å². The number of aliphatic imine (C=N–C) groups is 1. The molecule has 2 rings (SSSR count). The van der Waals surface area contributed by atoms with Crippen molar-refractivity contribution >= 4 is 41.7 Å². The zero-order valence-electron chi connectivity index (χ0n) is 16.0. The first-order chi connectivity index (χ1) is 13.3. The number of nitrogens with one attached hydrogen (secondary N) is 3. The highest BCUT2D eigenvalue weighted by molar-refractivity contribution is 14.0. The molecule has 0 bridgehead atoms. The molecule has 29 heavy (non-hydrogen) atoms. The van der Waals surface area contributed by atoms with Crippen LogP contribution in [0, 0.1) is 6.92 Å². The topological polar surface area (TPSA) is 78.4 Å². The molecule has 6 nitrogen and oxygen atoms in total. The van der Waals surface area contributed by atoms with Gasteiger partial charge in [-0.1, -0.05) is 18.2 Å². The Morgan fingerprint density at radius 3 is 2.55 bits per heavy atom. The first-order valence-corrected chi connectivity index (χ1v) is 8.61. The Kier molecular flexibility index (Phi) is 9.86. The van der Waals surface area contributed by atoms with Crippen molar-refractivity contribution < 1.29 is 18.0 Å². The van der Waals surface area contributed by atoms with Crippen LogP contribution in [-0.4, -0.2) is 30.4 Å². The number of aromatic nitrogens is 1. The number of rotatable bonds is 6. The summed E-state index contributed by atoms with van der Waals surface area (Å²) in [5, 5.41) is 8.55. The number of anilines is 1. The second kappa shape index (κ2) is 11.6. The molecule has 0 saturated carbocycles. The van der Waals surface area contributed by atoms with E-state index in [1.165, 1.54) is 13.1 Å². The maximum Gasteiger partial charge on any atom is 0.416 e. The Bertz CT molecular complexity index is 825. The second-order valence-electron chi connectivity index (χ2n) is 6.07. The molecule has 0 fully saturated rings. The maximum atomic E-state index is 12.8. The third kappa shape index (κ3) is 8.67. The third-order valence-corrected chi connectivity index (χ3v) is 3.76. The monoisotopic (exact) mass is 521 g/mol. The Morgan fingerprint density at radius 1 is 1.17 bits per heavy atom. The summed E-state index contributed by atoms with van der Waals surface area (Å²) in [6, 6.07) is 8.63. The van der Waals surface area contributed by atoms with Gasteiger partial charge in [0.2, 0.25) is 5.91 Å². The highest BCUT2D eigenvalue weighted by Gasteiger charge is 2.30. The minimum absolute atomic E-state index is 0. The Hall–Kier alpha value is -2.37. The number of halogens is 4. The SMILES string of the molecule is CN=C(NCCC(=O)Nc1ccc(C)cn1)NCc1cccc(C(F)(F)F)c1.I. The average molecular weight is 521 g/mol. The molecule has 0 spiro atoms. The molecule has 0 atom stereocenters. The molecule has 0 aliphatic heterocycles. The summed E-state index contributed by atoms with van der Waals surface area (Å²) in [6.45, 7) is 2.38. The Morgan fingerprint density at radius 2 is 1.93 bits per heavy atom. The van der Waals surface area contributed by atoms with Gasteiger partial charge in [-0.25, -0.2) is 4.98 Å². The van der Waals surface area contributed by atoms with E-state index < -0.39 is 11.7 Å². The van der Waals surface area contributed by atoms with Gasteiger partial charge in [0.25, 0.3) is 0 Å². The third-order valence-electron chi connectivity index (χ3n) is 3.76. The van der Waals surface area contributed by atoms with E-state index in [0.717, 1.165) is 17.7 Å². The van der Waals surface area contributed by atoms with E-state index in [2.05, 4.69) is 25.9 Å². The fourth-order valence-electron chi connectivity index (χ4n) is 2.31. The van der Waals surface area contributed by atoms with Gasteiger partial charge < -0.3 is 16.0 Å². The van der Waals surface area contributed by atoms with Crippen molar-refractivity contribution in [2.45, 2.75) is 26.1 Å². The van der Waals surface area contributed by atoms with Crippen LogP contribution >= 0.6 is 24.0 Å². The number of guanidine groups is 1. The molecular formula is C19H23F3IN5O. The van der Waals surface area contributed by atoms with Crippen LogP contribution in [0.3, 0.4) is 0 Å². The molecule has 1 aromatic heterocycles. The number of hydrogen-bond acceptors (Lipinski definition) is 3. The molecule has 0 aliphatic rings. The van der Waals surface area contributed by atoms with Crippen LogP contribution in [-0.2, 0) is 17.5 Å². The quantitative estimate of drug-likeness (QED) is 0.308. The Balaban J connectivity index is 0.00000420. The predicted octanol–water partition coefficient (Wildman–Crippen LogP) is 3.72. The van der Waals surface area contributed by atoms with E-state index in [9.17, 15) is 18.0 Å². The standard InChI is InChI=1S/C19H22F3N5O.HI/c1-13-6-7-16(25-11-13)27-17(28)8-9-24-18(23-2)26-12-14-4-3-5-15(10-14)19(20,21)22;/h3-7,10-11H,8-9,12H2,1-2H3,(H2,23,24,26)(H,25,27,28);1H. The van der Waals surface area contributed by atoms with Crippen molar-refractivity contribution in [3.63, 3.8) is 0 Å². The summed E-state index contributed by atoms with van der Waals surface area (Å²) >= 11 is 0. The lowest BCUT2D eigenvalue weighted by molar-refractivity contribution is -0.137. The summed E-state index contributed by atoms with van der Waals surface area (Å²) in [4.78, 5) is 20.0. The summed E-state index contributed by atoms with van der Waals surface area (Å²) in [5.74, 6) is 0.651. The van der Waals surface area contributed by atoms with E-state index in [1.54, 1.807) is 18.3 Å². The first kappa shape index (κ1) is 24.7. The van der Waals surface area contributed by atoms with Crippen molar-refractivity contribution in [3.05, 3.63) is 59.3 Å². The predicted molar refractivity (Wildman–Crippen MR) is 117 cm³/mol. The van der Waals surface area contributed by atoms with E-state index in [1.807, 2.05) is 13.0 Å². The van der Waals surface area contributed by atoms with Crippen molar-refractivity contribution in [3.8, 4) is 0 Å². The van der Waals surface area contributed by atoms with Crippen LogP contribution in [0.2, 0.25) is 0 Å². The molecule has 1 amide bonds. The number of alkyl halides is 3. The maximum absolute atomic E-state index is 12.8. The van der Waals surface area contributed by atoms with Crippen molar-refractivity contribution in [2.75, 3.05) is 18.9 Å². The smallest absolute Gasteiger partial charge is 0.356 e. The summed E-state index contributed by atoms with van der Waals surface area (Å²) in [6.07, 6.45) is -2.54. The number of carbonyl (C=O) groups is 1. The lowest BCUT2D eigenvalue weighted by Gasteiger charge is -2.13. The van der Waals surface area contributed by atoms with Gasteiger partial charge in [-0.2, -0.15) is 13.2 Å². The van der Waals surface area contributed by atoms with E-state index >= 15 is 0 Å². The first-order valence-electron chi connectivity index (χ1n) is 8.61. The minimum atomic E-state index is -4.38. The molecule has 0 unspecified atom stereocenters. The largest absolute Gasteiger partial charge is 0.416 e. The van der Waals surface area contributed by atoms with Crippen molar-refractivity contribution in [1.29, 1.82) is 0 Å². The second-order valence-corrected chi connectivity index (χ2v) is 6.07. The summed E-state index contributed by atoms with van der Waals surface area (Å²) < 4.78 is 38.3. The molecule has 3 N–H and O–H groups in total. The fraction of sp³-hybridized carbons (Fsp3) is 0.316. The molecular weight excluding hydrogens is 498 g/mol. The summed E-state index contributed by atoms with van der Waals surface area (Å²) in [7, 11) is 1.54. The lowest BCUT2D eigenvalue weighted by Crippen LogP contribution is -2.38. The molecule has 1 heterocycles. The number of benzene rings is 1. The van der Waals surface area contributed by atoms with Gasteiger partial charge in [0.15, 0.2) is 5.96 Å². The van der Waals surface area contributed by atoms with Gasteiger partial charge >= 0.3 is 6.18 Å². The van der Waals surface area contributed by atoms with Gasteiger partial charge in [-0.05, 0) is 36.2 Å². The highest BCUT2D eigenvalue weighted by Crippen LogP contribution is 2.29. The number of hydrogen-bond donors (Lipinski definition) is 3. The van der Waals surface area contributed by atoms with Crippen LogP contribution in [0.5, 0.6) is 0 Å². The molecule has 1 aromatic carbocycles. The van der Waals surface area contributed by atoms with E-state index in [4.69, 9.17) is 0 Å². The number of amides is 1. The van der Waals surface area contributed by atoms with Crippen LogP contribution in [0.25, 0.3) is 0 Å². The van der Waals surface area contributed by atoms with E-state index in [0.29, 0.717) is 23.9 Å². The number of pyridine rings is 1. The molecule has 0 radical (unpaired) electrons. The lowest BCUT2D eigenvalue weighted by atomic mass is 10.1. The van der Waals surface area contributed by atoms with Crippen LogP contribution in [0.4, 0.5) is 19.0 Å². The normalized spacial score (nSPS) is 11.4. The van der Waals surface area contributed by atoms with Crippen molar-refractivity contribution in [2.24, 2.45) is 4.99 Å². The molecule has 0 aliphatic carbocycles. The van der Waals surface area contributed by atoms with Gasteiger partial charge in [0, 0.05) is 32.8 Å². The zero-order chi connectivity index (χ0) is 20.6. The molecule has 0 saturated heterocycles. The van der Waals surface area contributed by atoms with Crippen LogP contribution in [0.1, 0.15) is 23.1 Å². The Labute approximate surface area is 184 Å². The van der Waals surface area contributed by atoms with Gasteiger partial charge in [0.05, 0.1) is 5.56 Å². The zero-order valence-corrected chi connectivity index (χ0v) is 18.3. The average Bonchev–Trinajstić information content (AvgIpc) is 2.66. The number of nitrogens with zero attached hydrogens (tertiary/aromatic N) is 2. The molecule has 2 aromatic rings. The van der Waals surface area contributed by atoms with Crippen molar-refractivity contribution in [1.82, 2.24) is 15.6 Å². The van der Waals surface area contributed by atoms with Gasteiger partial charge in [-0.15, -0.1) is 24.0 Å². The number of aryl methyl sites for hydroxylation is 1.